The first-order valence-electron chi connectivity index (χ1n) is 7.73. The van der Waals surface area contributed by atoms with E-state index in [4.69, 9.17) is 5.11 Å². The number of hydrogen-bond acceptors (Lipinski definition) is 3. The third-order valence-corrected chi connectivity index (χ3v) is 4.53. The number of carboxylic acid groups (broad SMARTS) is 1. The molecule has 0 aromatic carbocycles. The minimum absolute atomic E-state index is 0.0895. The molecule has 0 radical (unpaired) electrons. The van der Waals surface area contributed by atoms with Gasteiger partial charge in [0.1, 0.15) is 0 Å². The zero-order valence-corrected chi connectivity index (χ0v) is 12.9. The van der Waals surface area contributed by atoms with E-state index < -0.39 is 5.97 Å². The second kappa shape index (κ2) is 8.25. The fraction of sp³-hybridized carbons (Fsp3) is 0.867. The highest BCUT2D eigenvalue weighted by molar-refractivity contribution is 5.79. The highest BCUT2D eigenvalue weighted by atomic mass is 16.4. The number of nitrogens with one attached hydrogen (secondary N) is 1. The molecule has 5 nitrogen and oxygen atoms in total. The summed E-state index contributed by atoms with van der Waals surface area (Å²) in [6, 6.07) is 0.338. The number of nitrogens with zero attached hydrogens (tertiary/aromatic N) is 1. The molecule has 0 aliphatic carbocycles. The second-order valence-corrected chi connectivity index (χ2v) is 5.74. The predicted molar refractivity (Wildman–Crippen MR) is 78.5 cm³/mol. The summed E-state index contributed by atoms with van der Waals surface area (Å²) in [5.74, 6) is -0.333. The summed E-state index contributed by atoms with van der Waals surface area (Å²) in [6.07, 6.45) is 3.37. The molecule has 2 N–H and O–H groups in total. The van der Waals surface area contributed by atoms with Crippen molar-refractivity contribution < 1.29 is 14.7 Å². The lowest BCUT2D eigenvalue weighted by Crippen LogP contribution is -2.46. The molecule has 0 aromatic heterocycles. The molecule has 0 spiro atoms. The molecular weight excluding hydrogens is 256 g/mol. The number of likely N-dealkylation sites (tertiary alicyclic amines) is 1. The molecule has 0 bridgehead atoms. The minimum atomic E-state index is -0.738. The van der Waals surface area contributed by atoms with Gasteiger partial charge in [0.2, 0.25) is 5.91 Å². The van der Waals surface area contributed by atoms with Crippen molar-refractivity contribution in [1.82, 2.24) is 10.2 Å². The Balaban J connectivity index is 2.32. The highest BCUT2D eigenvalue weighted by Crippen LogP contribution is 2.17. The van der Waals surface area contributed by atoms with Gasteiger partial charge < -0.3 is 15.3 Å². The SMILES string of the molecule is CCC(CC)C(C)NCC(=O)N1CCC(C(=O)O)CC1. The molecule has 1 aliphatic rings. The third kappa shape index (κ3) is 4.78. The molecule has 1 rings (SSSR count). The molecule has 1 unspecified atom stereocenters. The molecule has 0 aromatic rings. The average Bonchev–Trinajstić information content (AvgIpc) is 2.46. The molecule has 20 heavy (non-hydrogen) atoms. The van der Waals surface area contributed by atoms with E-state index in [0.717, 1.165) is 12.8 Å². The van der Waals surface area contributed by atoms with E-state index in [1.807, 2.05) is 0 Å². The normalized spacial score (nSPS) is 18.3. The van der Waals surface area contributed by atoms with Crippen LogP contribution in [0.5, 0.6) is 0 Å². The molecule has 1 fully saturated rings. The molecule has 1 amide bonds. The summed E-state index contributed by atoms with van der Waals surface area (Å²) >= 11 is 0. The number of amides is 1. The van der Waals surface area contributed by atoms with E-state index in [2.05, 4.69) is 26.1 Å². The van der Waals surface area contributed by atoms with Gasteiger partial charge in [-0.25, -0.2) is 0 Å². The van der Waals surface area contributed by atoms with Gasteiger partial charge in [0.15, 0.2) is 0 Å². The predicted octanol–water partition coefficient (Wildman–Crippen LogP) is 1.72. The Kier molecular flexibility index (Phi) is 6.99. The number of aliphatic carboxylic acids is 1. The van der Waals surface area contributed by atoms with Crippen LogP contribution in [0.1, 0.15) is 46.5 Å². The Labute approximate surface area is 121 Å². The van der Waals surface area contributed by atoms with Crippen molar-refractivity contribution in [3.8, 4) is 0 Å². The summed E-state index contributed by atoms with van der Waals surface area (Å²) in [6.45, 7) is 7.96. The van der Waals surface area contributed by atoms with E-state index in [-0.39, 0.29) is 11.8 Å². The Bertz CT molecular complexity index is 321. The second-order valence-electron chi connectivity index (χ2n) is 5.74. The molecular formula is C15H28N2O3. The number of rotatable bonds is 7. The van der Waals surface area contributed by atoms with Gasteiger partial charge in [0.25, 0.3) is 0 Å². The van der Waals surface area contributed by atoms with Gasteiger partial charge in [0, 0.05) is 19.1 Å². The molecule has 1 atom stereocenters. The lowest BCUT2D eigenvalue weighted by Gasteiger charge is -2.31. The minimum Gasteiger partial charge on any atom is -0.481 e. The van der Waals surface area contributed by atoms with Crippen LogP contribution in [0.2, 0.25) is 0 Å². The number of carbonyl (C=O) groups is 2. The van der Waals surface area contributed by atoms with Gasteiger partial charge in [-0.15, -0.1) is 0 Å². The van der Waals surface area contributed by atoms with Gasteiger partial charge >= 0.3 is 5.97 Å². The van der Waals surface area contributed by atoms with Crippen molar-refractivity contribution in [3.05, 3.63) is 0 Å². The smallest absolute Gasteiger partial charge is 0.306 e. The van der Waals surface area contributed by atoms with Crippen LogP contribution in [-0.4, -0.2) is 47.6 Å². The van der Waals surface area contributed by atoms with E-state index in [1.165, 1.54) is 0 Å². The first kappa shape index (κ1) is 17.0. The van der Waals surface area contributed by atoms with Gasteiger partial charge in [-0.2, -0.15) is 0 Å². The number of piperidine rings is 1. The Morgan fingerprint density at radius 1 is 1.25 bits per heavy atom. The largest absolute Gasteiger partial charge is 0.481 e. The molecule has 0 saturated carbocycles. The molecule has 1 heterocycles. The molecule has 5 heteroatoms. The van der Waals surface area contributed by atoms with Crippen LogP contribution in [0.15, 0.2) is 0 Å². The lowest BCUT2D eigenvalue weighted by molar-refractivity contribution is -0.145. The van der Waals surface area contributed by atoms with Crippen molar-refractivity contribution in [3.63, 3.8) is 0 Å². The van der Waals surface area contributed by atoms with Gasteiger partial charge in [-0.05, 0) is 25.7 Å². The van der Waals surface area contributed by atoms with E-state index in [0.29, 0.717) is 44.4 Å². The zero-order chi connectivity index (χ0) is 15.1. The topological polar surface area (TPSA) is 69.6 Å². The molecule has 1 saturated heterocycles. The number of carboxylic acids is 1. The molecule has 1 aliphatic heterocycles. The Hall–Kier alpha value is -1.10. The van der Waals surface area contributed by atoms with Crippen LogP contribution in [0.4, 0.5) is 0 Å². The zero-order valence-electron chi connectivity index (χ0n) is 12.9. The van der Waals surface area contributed by atoms with Crippen molar-refractivity contribution in [2.24, 2.45) is 11.8 Å². The van der Waals surface area contributed by atoms with Crippen LogP contribution >= 0.6 is 0 Å². The Morgan fingerprint density at radius 2 is 1.80 bits per heavy atom. The van der Waals surface area contributed by atoms with Crippen molar-refractivity contribution >= 4 is 11.9 Å². The van der Waals surface area contributed by atoms with Crippen LogP contribution < -0.4 is 5.32 Å². The van der Waals surface area contributed by atoms with Crippen LogP contribution in [0.25, 0.3) is 0 Å². The third-order valence-electron chi connectivity index (χ3n) is 4.53. The lowest BCUT2D eigenvalue weighted by atomic mass is 9.95. The maximum Gasteiger partial charge on any atom is 0.306 e. The maximum atomic E-state index is 12.1. The van der Waals surface area contributed by atoms with Crippen LogP contribution in [0, 0.1) is 11.8 Å². The summed E-state index contributed by atoms with van der Waals surface area (Å²) in [5, 5.41) is 12.2. The average molecular weight is 284 g/mol. The fourth-order valence-corrected chi connectivity index (χ4v) is 2.90. The van der Waals surface area contributed by atoms with Crippen molar-refractivity contribution in [2.45, 2.75) is 52.5 Å². The number of hydrogen-bond donors (Lipinski definition) is 2. The standard InChI is InChI=1S/C15H28N2O3/c1-4-12(5-2)11(3)16-10-14(18)17-8-6-13(7-9-17)15(19)20/h11-13,16H,4-10H2,1-3H3,(H,19,20). The monoisotopic (exact) mass is 284 g/mol. The highest BCUT2D eigenvalue weighted by Gasteiger charge is 2.27. The number of carbonyl (C=O) groups excluding carboxylic acids is 1. The van der Waals surface area contributed by atoms with Gasteiger partial charge in [-0.3, -0.25) is 9.59 Å². The summed E-state index contributed by atoms with van der Waals surface area (Å²) in [5.41, 5.74) is 0. The summed E-state index contributed by atoms with van der Waals surface area (Å²) < 4.78 is 0. The Morgan fingerprint density at radius 3 is 2.25 bits per heavy atom. The fourth-order valence-electron chi connectivity index (χ4n) is 2.90. The quantitative estimate of drug-likeness (QED) is 0.747. The first-order chi connectivity index (χ1) is 9.49. The van der Waals surface area contributed by atoms with Crippen molar-refractivity contribution in [2.75, 3.05) is 19.6 Å². The van der Waals surface area contributed by atoms with E-state index in [1.54, 1.807) is 4.90 Å². The van der Waals surface area contributed by atoms with E-state index in [9.17, 15) is 9.59 Å². The first-order valence-corrected chi connectivity index (χ1v) is 7.73. The van der Waals surface area contributed by atoms with Gasteiger partial charge in [0.05, 0.1) is 12.5 Å². The summed E-state index contributed by atoms with van der Waals surface area (Å²) in [7, 11) is 0. The van der Waals surface area contributed by atoms with Gasteiger partial charge in [-0.1, -0.05) is 26.7 Å². The summed E-state index contributed by atoms with van der Waals surface area (Å²) in [4.78, 5) is 24.7. The van der Waals surface area contributed by atoms with Crippen LogP contribution in [0.3, 0.4) is 0 Å². The van der Waals surface area contributed by atoms with E-state index >= 15 is 0 Å². The molecule has 116 valence electrons. The van der Waals surface area contributed by atoms with Crippen LogP contribution in [-0.2, 0) is 9.59 Å². The van der Waals surface area contributed by atoms with Crippen molar-refractivity contribution in [1.29, 1.82) is 0 Å². The maximum absolute atomic E-state index is 12.1.